The van der Waals surface area contributed by atoms with Gasteiger partial charge in [0.15, 0.2) is 0 Å². The maximum atomic E-state index is 9.11. The summed E-state index contributed by atoms with van der Waals surface area (Å²) < 4.78 is 1.06. The third kappa shape index (κ3) is 4.41. The van der Waals surface area contributed by atoms with Gasteiger partial charge in [0.2, 0.25) is 0 Å². The second-order valence-electron chi connectivity index (χ2n) is 3.31. The Labute approximate surface area is 92.9 Å². The standard InChI is InChI=1S/C9H16N2OS2/c1-7(2)11-8(5-12)6-14-9-10-3-4-13-9/h3-4,7-8,11-12H,5-6H2,1-2H3. The molecule has 0 amide bonds. The number of aromatic nitrogens is 1. The van der Waals surface area contributed by atoms with E-state index in [0.717, 1.165) is 10.1 Å². The van der Waals surface area contributed by atoms with Crippen LogP contribution in [0.1, 0.15) is 13.8 Å². The van der Waals surface area contributed by atoms with E-state index in [-0.39, 0.29) is 12.6 Å². The van der Waals surface area contributed by atoms with Crippen LogP contribution in [0.3, 0.4) is 0 Å². The van der Waals surface area contributed by atoms with Crippen LogP contribution in [0.5, 0.6) is 0 Å². The molecule has 1 aromatic heterocycles. The Balaban J connectivity index is 2.27. The number of hydrogen-bond donors (Lipinski definition) is 2. The van der Waals surface area contributed by atoms with E-state index in [1.54, 1.807) is 29.3 Å². The molecule has 0 spiro atoms. The molecule has 1 aromatic rings. The summed E-state index contributed by atoms with van der Waals surface area (Å²) in [5, 5.41) is 14.4. The van der Waals surface area contributed by atoms with Crippen LogP contribution in [0.25, 0.3) is 0 Å². The van der Waals surface area contributed by atoms with Crippen molar-refractivity contribution in [2.24, 2.45) is 0 Å². The Kier molecular flexibility index (Phi) is 5.47. The van der Waals surface area contributed by atoms with Gasteiger partial charge in [-0.25, -0.2) is 4.98 Å². The molecule has 80 valence electrons. The summed E-state index contributed by atoms with van der Waals surface area (Å²) in [6.07, 6.45) is 1.80. The number of rotatable bonds is 6. The first kappa shape index (κ1) is 12.0. The molecule has 14 heavy (non-hydrogen) atoms. The third-order valence-electron chi connectivity index (χ3n) is 1.61. The molecule has 0 fully saturated rings. The number of nitrogens with zero attached hydrogens (tertiary/aromatic N) is 1. The van der Waals surface area contributed by atoms with Gasteiger partial charge in [0.1, 0.15) is 4.34 Å². The number of thioether (sulfide) groups is 1. The zero-order chi connectivity index (χ0) is 10.4. The van der Waals surface area contributed by atoms with Crippen LogP contribution >= 0.6 is 23.1 Å². The van der Waals surface area contributed by atoms with Crippen molar-refractivity contribution < 1.29 is 5.11 Å². The summed E-state index contributed by atoms with van der Waals surface area (Å²) in [6.45, 7) is 4.34. The molecule has 3 nitrogen and oxygen atoms in total. The van der Waals surface area contributed by atoms with E-state index in [4.69, 9.17) is 5.11 Å². The fourth-order valence-corrected chi connectivity index (χ4v) is 2.76. The predicted molar refractivity (Wildman–Crippen MR) is 62.0 cm³/mol. The lowest BCUT2D eigenvalue weighted by Gasteiger charge is -2.17. The fraction of sp³-hybridized carbons (Fsp3) is 0.667. The van der Waals surface area contributed by atoms with Gasteiger partial charge in [-0.3, -0.25) is 0 Å². The molecule has 0 saturated heterocycles. The lowest BCUT2D eigenvalue weighted by atomic mass is 10.3. The van der Waals surface area contributed by atoms with Gasteiger partial charge in [0.25, 0.3) is 0 Å². The molecule has 0 bridgehead atoms. The molecule has 0 aliphatic carbocycles. The van der Waals surface area contributed by atoms with Gasteiger partial charge in [-0.2, -0.15) is 0 Å². The lowest BCUT2D eigenvalue weighted by molar-refractivity contribution is 0.247. The molecule has 1 rings (SSSR count). The van der Waals surface area contributed by atoms with Crippen molar-refractivity contribution in [3.63, 3.8) is 0 Å². The van der Waals surface area contributed by atoms with Gasteiger partial charge < -0.3 is 10.4 Å². The first-order valence-corrected chi connectivity index (χ1v) is 6.48. The molecule has 5 heteroatoms. The van der Waals surface area contributed by atoms with Crippen molar-refractivity contribution in [1.29, 1.82) is 0 Å². The Morgan fingerprint density at radius 3 is 2.93 bits per heavy atom. The van der Waals surface area contributed by atoms with Crippen molar-refractivity contribution in [3.05, 3.63) is 11.6 Å². The minimum Gasteiger partial charge on any atom is -0.395 e. The van der Waals surface area contributed by atoms with Gasteiger partial charge in [-0.15, -0.1) is 11.3 Å². The summed E-state index contributed by atoms with van der Waals surface area (Å²) in [6, 6.07) is 0.563. The maximum Gasteiger partial charge on any atom is 0.149 e. The monoisotopic (exact) mass is 232 g/mol. The normalized spacial score (nSPS) is 13.4. The number of aliphatic hydroxyl groups excluding tert-OH is 1. The van der Waals surface area contributed by atoms with Gasteiger partial charge in [0.05, 0.1) is 6.61 Å². The first-order valence-electron chi connectivity index (χ1n) is 4.61. The highest BCUT2D eigenvalue weighted by Gasteiger charge is 2.09. The Morgan fingerprint density at radius 2 is 2.43 bits per heavy atom. The van der Waals surface area contributed by atoms with Crippen LogP contribution in [-0.4, -0.2) is 34.5 Å². The Bertz CT molecular complexity index is 239. The highest BCUT2D eigenvalue weighted by Crippen LogP contribution is 2.20. The molecule has 2 N–H and O–H groups in total. The minimum absolute atomic E-state index is 0.156. The largest absolute Gasteiger partial charge is 0.395 e. The molecule has 0 radical (unpaired) electrons. The van der Waals surface area contributed by atoms with Gasteiger partial charge >= 0.3 is 0 Å². The summed E-state index contributed by atoms with van der Waals surface area (Å²) in [7, 11) is 0. The number of nitrogens with one attached hydrogen (secondary N) is 1. The zero-order valence-electron chi connectivity index (χ0n) is 8.43. The summed E-state index contributed by atoms with van der Waals surface area (Å²) in [5.74, 6) is 0.863. The Morgan fingerprint density at radius 1 is 1.64 bits per heavy atom. The highest BCUT2D eigenvalue weighted by atomic mass is 32.2. The molecule has 1 atom stereocenters. The topological polar surface area (TPSA) is 45.1 Å². The van der Waals surface area contributed by atoms with Gasteiger partial charge in [-0.05, 0) is 0 Å². The molecular formula is C9H16N2OS2. The van der Waals surface area contributed by atoms with Crippen LogP contribution in [0, 0.1) is 0 Å². The Hall–Kier alpha value is -0.100. The number of thiazole rings is 1. The average molecular weight is 232 g/mol. The smallest absolute Gasteiger partial charge is 0.149 e. The van der Waals surface area contributed by atoms with E-state index in [0.29, 0.717) is 6.04 Å². The van der Waals surface area contributed by atoms with Crippen molar-refractivity contribution in [2.75, 3.05) is 12.4 Å². The molecule has 0 aliphatic rings. The van der Waals surface area contributed by atoms with Gasteiger partial charge in [0, 0.05) is 29.4 Å². The minimum atomic E-state index is 0.156. The van der Waals surface area contributed by atoms with Crippen molar-refractivity contribution in [2.45, 2.75) is 30.3 Å². The fourth-order valence-electron chi connectivity index (χ4n) is 1.08. The first-order chi connectivity index (χ1) is 6.72. The summed E-state index contributed by atoms with van der Waals surface area (Å²) in [5.41, 5.74) is 0. The molecule has 0 saturated carbocycles. The molecule has 0 aromatic carbocycles. The van der Waals surface area contributed by atoms with Crippen molar-refractivity contribution in [1.82, 2.24) is 10.3 Å². The van der Waals surface area contributed by atoms with E-state index in [2.05, 4.69) is 24.1 Å². The number of aliphatic hydroxyl groups is 1. The molecular weight excluding hydrogens is 216 g/mol. The maximum absolute atomic E-state index is 9.11. The van der Waals surface area contributed by atoms with Crippen LogP contribution in [0.15, 0.2) is 15.9 Å². The average Bonchev–Trinajstić information content (AvgIpc) is 2.64. The van der Waals surface area contributed by atoms with Crippen LogP contribution < -0.4 is 5.32 Å². The van der Waals surface area contributed by atoms with E-state index in [1.807, 2.05) is 5.38 Å². The second-order valence-corrected chi connectivity index (χ2v) is 5.47. The van der Waals surface area contributed by atoms with E-state index >= 15 is 0 Å². The van der Waals surface area contributed by atoms with E-state index in [1.165, 1.54) is 0 Å². The third-order valence-corrected chi connectivity index (χ3v) is 3.74. The highest BCUT2D eigenvalue weighted by molar-refractivity contribution is 8.01. The van der Waals surface area contributed by atoms with Crippen LogP contribution in [0.2, 0.25) is 0 Å². The van der Waals surface area contributed by atoms with Crippen molar-refractivity contribution in [3.8, 4) is 0 Å². The van der Waals surface area contributed by atoms with Crippen LogP contribution in [0.4, 0.5) is 0 Å². The molecule has 0 aliphatic heterocycles. The summed E-state index contributed by atoms with van der Waals surface area (Å²) >= 11 is 3.32. The van der Waals surface area contributed by atoms with E-state index in [9.17, 15) is 0 Å². The second kappa shape index (κ2) is 6.40. The van der Waals surface area contributed by atoms with Gasteiger partial charge in [-0.1, -0.05) is 25.6 Å². The quantitative estimate of drug-likeness (QED) is 0.731. The SMILES string of the molecule is CC(C)NC(CO)CSc1nccs1. The molecule has 1 heterocycles. The molecule has 1 unspecified atom stereocenters. The van der Waals surface area contributed by atoms with Crippen LogP contribution in [-0.2, 0) is 0 Å². The van der Waals surface area contributed by atoms with Crippen molar-refractivity contribution >= 4 is 23.1 Å². The van der Waals surface area contributed by atoms with E-state index < -0.39 is 0 Å². The zero-order valence-corrected chi connectivity index (χ0v) is 10.1. The lowest BCUT2D eigenvalue weighted by Crippen LogP contribution is -2.39. The predicted octanol–water partition coefficient (Wildman–Crippen LogP) is 1.59. The summed E-state index contributed by atoms with van der Waals surface area (Å²) in [4.78, 5) is 4.17. The number of hydrogen-bond acceptors (Lipinski definition) is 5.